The summed E-state index contributed by atoms with van der Waals surface area (Å²) in [5.74, 6) is -1.54. The molecule has 0 fully saturated rings. The molecule has 0 unspecified atom stereocenters. The average Bonchev–Trinajstić information content (AvgIpc) is 1.59. The molecule has 0 rings (SSSR count). The van der Waals surface area contributed by atoms with Crippen molar-refractivity contribution in [2.45, 2.75) is 19.8 Å². The molecule has 0 N–H and O–H groups in total. The zero-order valence-corrected chi connectivity index (χ0v) is 6.45. The van der Waals surface area contributed by atoms with Gasteiger partial charge in [0.1, 0.15) is 5.75 Å². The monoisotopic (exact) mass is 168 g/mol. The van der Waals surface area contributed by atoms with Gasteiger partial charge in [-0.2, -0.15) is 8.42 Å². The van der Waals surface area contributed by atoms with Crippen LogP contribution in [0.5, 0.6) is 0 Å². The second kappa shape index (κ2) is 3.65. The fraction of sp³-hybridized carbons (Fsp3) is 0.800. The molecule has 0 saturated carbocycles. The van der Waals surface area contributed by atoms with Crippen LogP contribution in [0.3, 0.4) is 0 Å². The van der Waals surface area contributed by atoms with E-state index in [1.54, 1.807) is 6.92 Å². The maximum Gasteiger partial charge on any atom is 0.309 e. The molecule has 0 saturated heterocycles. The molecule has 3 nitrogen and oxygen atoms in total. The van der Waals surface area contributed by atoms with Gasteiger partial charge < -0.3 is 0 Å². The summed E-state index contributed by atoms with van der Waals surface area (Å²) in [6.07, 6.45) is 0.678. The lowest BCUT2D eigenvalue weighted by Gasteiger charge is -1.91. The molecular formula is C5H9FO3S. The molecule has 5 heteroatoms. The fourth-order valence-electron chi connectivity index (χ4n) is 0.543. The van der Waals surface area contributed by atoms with E-state index in [0.29, 0.717) is 6.42 Å². The number of ketones is 1. The van der Waals surface area contributed by atoms with Crippen LogP contribution in [0.4, 0.5) is 3.89 Å². The first kappa shape index (κ1) is 9.55. The Kier molecular flexibility index (Phi) is 3.49. The summed E-state index contributed by atoms with van der Waals surface area (Å²) in [5, 5.41) is 0. The molecule has 0 bridgehead atoms. The van der Waals surface area contributed by atoms with Crippen LogP contribution in [0.1, 0.15) is 19.8 Å². The predicted molar refractivity (Wildman–Crippen MR) is 34.8 cm³/mol. The Morgan fingerprint density at radius 3 is 2.30 bits per heavy atom. The quantitative estimate of drug-likeness (QED) is 0.579. The highest BCUT2D eigenvalue weighted by atomic mass is 32.3. The Bertz CT molecular complexity index is 207. The molecular weight excluding hydrogens is 159 g/mol. The van der Waals surface area contributed by atoms with Gasteiger partial charge in [0.05, 0.1) is 0 Å². The van der Waals surface area contributed by atoms with E-state index in [9.17, 15) is 17.1 Å². The standard InChI is InChI=1S/C5H9FO3S/c1-2-3-5(7)4-10(6,8)9/h2-4H2,1H3. The van der Waals surface area contributed by atoms with Crippen LogP contribution >= 0.6 is 0 Å². The number of carbonyl (C=O) groups is 1. The van der Waals surface area contributed by atoms with Gasteiger partial charge in [-0.3, -0.25) is 4.79 Å². The summed E-state index contributed by atoms with van der Waals surface area (Å²) in [4.78, 5) is 10.4. The van der Waals surface area contributed by atoms with Gasteiger partial charge in [-0.15, -0.1) is 3.89 Å². The van der Waals surface area contributed by atoms with Crippen LogP contribution in [0.15, 0.2) is 0 Å². The zero-order valence-electron chi connectivity index (χ0n) is 5.63. The van der Waals surface area contributed by atoms with Crippen LogP contribution < -0.4 is 0 Å². The van der Waals surface area contributed by atoms with Gasteiger partial charge in [0.2, 0.25) is 0 Å². The molecule has 0 aromatic heterocycles. The largest absolute Gasteiger partial charge is 0.309 e. The van der Waals surface area contributed by atoms with Gasteiger partial charge in [-0.1, -0.05) is 6.92 Å². The second-order valence-corrected chi connectivity index (χ2v) is 3.34. The number of hydrogen-bond acceptors (Lipinski definition) is 3. The third-order valence-corrected chi connectivity index (χ3v) is 1.53. The summed E-state index contributed by atoms with van der Waals surface area (Å²) in [7, 11) is -4.60. The number of carbonyl (C=O) groups excluding carboxylic acids is 1. The summed E-state index contributed by atoms with van der Waals surface area (Å²) in [5.41, 5.74) is 0. The van der Waals surface area contributed by atoms with Crippen LogP contribution in [-0.2, 0) is 15.0 Å². The lowest BCUT2D eigenvalue weighted by atomic mass is 10.3. The van der Waals surface area contributed by atoms with Crippen LogP contribution in [-0.4, -0.2) is 20.0 Å². The lowest BCUT2D eigenvalue weighted by Crippen LogP contribution is -2.10. The zero-order chi connectivity index (χ0) is 8.20. The molecule has 60 valence electrons. The van der Waals surface area contributed by atoms with Crippen LogP contribution in [0, 0.1) is 0 Å². The third kappa shape index (κ3) is 5.68. The minimum Gasteiger partial charge on any atom is -0.298 e. The van der Waals surface area contributed by atoms with Gasteiger partial charge in [0, 0.05) is 6.42 Å². The molecule has 0 amide bonds. The molecule has 0 aromatic carbocycles. The Hall–Kier alpha value is -0.450. The Morgan fingerprint density at radius 2 is 2.00 bits per heavy atom. The van der Waals surface area contributed by atoms with E-state index in [1.165, 1.54) is 0 Å². The van der Waals surface area contributed by atoms with Crippen molar-refractivity contribution in [1.82, 2.24) is 0 Å². The Balaban J connectivity index is 3.82. The first-order chi connectivity index (χ1) is 4.45. The van der Waals surface area contributed by atoms with E-state index in [4.69, 9.17) is 0 Å². The number of Topliss-reactive ketones (excluding diaryl/α,β-unsaturated/α-hetero) is 1. The highest BCUT2D eigenvalue weighted by Gasteiger charge is 2.12. The molecule has 0 aliphatic heterocycles. The van der Waals surface area contributed by atoms with E-state index in [-0.39, 0.29) is 6.42 Å². The topological polar surface area (TPSA) is 51.2 Å². The van der Waals surface area contributed by atoms with Crippen molar-refractivity contribution in [3.8, 4) is 0 Å². The Labute approximate surface area is 59.4 Å². The van der Waals surface area contributed by atoms with Crippen molar-refractivity contribution in [2.75, 3.05) is 5.75 Å². The van der Waals surface area contributed by atoms with E-state index < -0.39 is 21.8 Å². The van der Waals surface area contributed by atoms with Crippen LogP contribution in [0.25, 0.3) is 0 Å². The van der Waals surface area contributed by atoms with E-state index >= 15 is 0 Å². The smallest absolute Gasteiger partial charge is 0.298 e. The lowest BCUT2D eigenvalue weighted by molar-refractivity contribution is -0.116. The SMILES string of the molecule is CCCC(=O)CS(=O)(=O)F. The normalized spacial score (nSPS) is 11.4. The third-order valence-electron chi connectivity index (χ3n) is 0.862. The molecule has 0 heterocycles. The minimum atomic E-state index is -4.60. The second-order valence-electron chi connectivity index (χ2n) is 1.97. The van der Waals surface area contributed by atoms with Crippen molar-refractivity contribution in [1.29, 1.82) is 0 Å². The summed E-state index contributed by atoms with van der Waals surface area (Å²) < 4.78 is 31.4. The van der Waals surface area contributed by atoms with Gasteiger partial charge in [-0.25, -0.2) is 0 Å². The molecule has 0 spiro atoms. The summed E-state index contributed by atoms with van der Waals surface area (Å²) in [6, 6.07) is 0. The fourth-order valence-corrected chi connectivity index (χ4v) is 1.07. The first-order valence-corrected chi connectivity index (χ1v) is 4.45. The van der Waals surface area contributed by atoms with Crippen molar-refractivity contribution in [2.24, 2.45) is 0 Å². The average molecular weight is 168 g/mol. The molecule has 0 aliphatic carbocycles. The number of halogens is 1. The summed E-state index contributed by atoms with van der Waals surface area (Å²) in [6.45, 7) is 1.72. The minimum absolute atomic E-state index is 0.128. The van der Waals surface area contributed by atoms with Crippen molar-refractivity contribution >= 4 is 16.0 Å². The number of hydrogen-bond donors (Lipinski definition) is 0. The maximum atomic E-state index is 11.7. The highest BCUT2D eigenvalue weighted by molar-refractivity contribution is 7.87. The predicted octanol–water partition coefficient (Wildman–Crippen LogP) is 0.655. The van der Waals surface area contributed by atoms with Crippen LogP contribution in [0.2, 0.25) is 0 Å². The van der Waals surface area contributed by atoms with Crippen molar-refractivity contribution in [3.63, 3.8) is 0 Å². The first-order valence-electron chi connectivity index (χ1n) is 2.89. The van der Waals surface area contributed by atoms with Gasteiger partial charge in [0.15, 0.2) is 5.78 Å². The van der Waals surface area contributed by atoms with Crippen molar-refractivity contribution < 1.29 is 17.1 Å². The van der Waals surface area contributed by atoms with Crippen molar-refractivity contribution in [3.05, 3.63) is 0 Å². The van der Waals surface area contributed by atoms with E-state index in [2.05, 4.69) is 0 Å². The van der Waals surface area contributed by atoms with E-state index in [0.717, 1.165) is 0 Å². The molecule has 0 aliphatic rings. The molecule has 0 aromatic rings. The number of rotatable bonds is 4. The Morgan fingerprint density at radius 1 is 1.50 bits per heavy atom. The van der Waals surface area contributed by atoms with Gasteiger partial charge in [-0.05, 0) is 6.42 Å². The molecule has 10 heavy (non-hydrogen) atoms. The molecule has 0 radical (unpaired) electrons. The summed E-state index contributed by atoms with van der Waals surface area (Å²) >= 11 is 0. The molecule has 0 atom stereocenters. The maximum absolute atomic E-state index is 11.7. The van der Waals surface area contributed by atoms with Gasteiger partial charge in [0.25, 0.3) is 0 Å². The van der Waals surface area contributed by atoms with E-state index in [1.807, 2.05) is 0 Å². The van der Waals surface area contributed by atoms with Gasteiger partial charge >= 0.3 is 10.2 Å². The highest BCUT2D eigenvalue weighted by Crippen LogP contribution is 1.96.